The van der Waals surface area contributed by atoms with Gasteiger partial charge in [-0.05, 0) is 29.9 Å². The maximum Gasteiger partial charge on any atom is 0.411 e. The minimum Gasteiger partial charge on any atom is -0.367 e. The van der Waals surface area contributed by atoms with Gasteiger partial charge in [-0.15, -0.1) is 0 Å². The lowest BCUT2D eigenvalue weighted by molar-refractivity contribution is -0.176. The van der Waals surface area contributed by atoms with Crippen molar-refractivity contribution in [2.75, 3.05) is 32.5 Å². The van der Waals surface area contributed by atoms with Crippen LogP contribution >= 0.6 is 0 Å². The Bertz CT molecular complexity index is 762. The zero-order valence-electron chi connectivity index (χ0n) is 16.2. The molecule has 1 aromatic rings. The second-order valence-electron chi connectivity index (χ2n) is 7.09. The SMILES string of the molecule is CS(=O)(=O)N1CCC(CNC(=O)NCc2ccc(COCC(F)(F)F)cc2)CC1. The molecule has 0 saturated carbocycles. The van der Waals surface area contributed by atoms with Gasteiger partial charge in [0, 0.05) is 26.2 Å². The van der Waals surface area contributed by atoms with Crippen LogP contribution in [-0.4, -0.2) is 57.4 Å². The standard InChI is InChI=1S/C18H26F3N3O4S/c1-29(26,27)24-8-6-15(7-9-24)11-23-17(25)22-10-14-2-4-16(5-3-14)12-28-13-18(19,20)21/h2-5,15H,6-13H2,1H3,(H2,22,23,25). The third kappa shape index (κ3) is 9.01. The number of ether oxygens (including phenoxy) is 1. The summed E-state index contributed by atoms with van der Waals surface area (Å²) in [6.07, 6.45) is -1.75. The molecule has 7 nitrogen and oxygen atoms in total. The van der Waals surface area contributed by atoms with E-state index in [4.69, 9.17) is 0 Å². The second kappa shape index (κ2) is 10.3. The molecular weight excluding hydrogens is 411 g/mol. The zero-order valence-corrected chi connectivity index (χ0v) is 17.0. The summed E-state index contributed by atoms with van der Waals surface area (Å²) in [5.74, 6) is 0.231. The van der Waals surface area contributed by atoms with Crippen LogP contribution < -0.4 is 10.6 Å². The minimum absolute atomic E-state index is 0.133. The highest BCUT2D eigenvalue weighted by Gasteiger charge is 2.27. The van der Waals surface area contributed by atoms with Crippen molar-refractivity contribution in [3.63, 3.8) is 0 Å². The van der Waals surface area contributed by atoms with E-state index in [-0.39, 0.29) is 25.1 Å². The second-order valence-corrected chi connectivity index (χ2v) is 9.08. The molecule has 1 heterocycles. The molecule has 0 radical (unpaired) electrons. The highest BCUT2D eigenvalue weighted by atomic mass is 32.2. The third-order valence-corrected chi connectivity index (χ3v) is 5.91. The molecule has 29 heavy (non-hydrogen) atoms. The molecule has 1 saturated heterocycles. The smallest absolute Gasteiger partial charge is 0.367 e. The number of sulfonamides is 1. The highest BCUT2D eigenvalue weighted by molar-refractivity contribution is 7.88. The van der Waals surface area contributed by atoms with Crippen LogP contribution in [0.2, 0.25) is 0 Å². The maximum absolute atomic E-state index is 12.0. The molecule has 1 fully saturated rings. The van der Waals surface area contributed by atoms with Gasteiger partial charge in [-0.25, -0.2) is 17.5 Å². The van der Waals surface area contributed by atoms with Crippen molar-refractivity contribution in [2.45, 2.75) is 32.2 Å². The van der Waals surface area contributed by atoms with Crippen molar-refractivity contribution >= 4 is 16.1 Å². The van der Waals surface area contributed by atoms with Crippen molar-refractivity contribution in [2.24, 2.45) is 5.92 Å². The molecule has 1 aliphatic heterocycles. The first-order chi connectivity index (χ1) is 13.5. The van der Waals surface area contributed by atoms with E-state index in [1.165, 1.54) is 10.6 Å². The summed E-state index contributed by atoms with van der Waals surface area (Å²) in [4.78, 5) is 11.9. The van der Waals surface area contributed by atoms with E-state index >= 15 is 0 Å². The van der Waals surface area contributed by atoms with Crippen LogP contribution in [0.4, 0.5) is 18.0 Å². The number of hydrogen-bond donors (Lipinski definition) is 2. The number of carbonyl (C=O) groups is 1. The topological polar surface area (TPSA) is 87.7 Å². The van der Waals surface area contributed by atoms with Crippen molar-refractivity contribution < 1.29 is 31.1 Å². The van der Waals surface area contributed by atoms with Gasteiger partial charge in [0.15, 0.2) is 0 Å². The number of rotatable bonds is 8. The largest absolute Gasteiger partial charge is 0.411 e. The molecule has 0 atom stereocenters. The lowest BCUT2D eigenvalue weighted by atomic mass is 9.98. The van der Waals surface area contributed by atoms with Gasteiger partial charge in [-0.3, -0.25) is 0 Å². The van der Waals surface area contributed by atoms with Crippen LogP contribution in [0.3, 0.4) is 0 Å². The van der Waals surface area contributed by atoms with Crippen LogP contribution in [0.25, 0.3) is 0 Å². The van der Waals surface area contributed by atoms with E-state index in [2.05, 4.69) is 15.4 Å². The number of alkyl halides is 3. The monoisotopic (exact) mass is 437 g/mol. The average Bonchev–Trinajstić information content (AvgIpc) is 2.64. The van der Waals surface area contributed by atoms with Gasteiger partial charge in [-0.1, -0.05) is 24.3 Å². The first-order valence-electron chi connectivity index (χ1n) is 9.22. The molecule has 0 bridgehead atoms. The van der Waals surface area contributed by atoms with Gasteiger partial charge in [0.2, 0.25) is 10.0 Å². The summed E-state index contributed by atoms with van der Waals surface area (Å²) in [6, 6.07) is 6.41. The number of halogens is 3. The fraction of sp³-hybridized carbons (Fsp3) is 0.611. The van der Waals surface area contributed by atoms with E-state index in [0.29, 0.717) is 38.0 Å². The number of urea groups is 1. The number of piperidine rings is 1. The molecular formula is C18H26F3N3O4S. The maximum atomic E-state index is 12.0. The Morgan fingerprint density at radius 2 is 1.72 bits per heavy atom. The number of benzene rings is 1. The van der Waals surface area contributed by atoms with Crippen LogP contribution in [-0.2, 0) is 27.9 Å². The van der Waals surface area contributed by atoms with Crippen molar-refractivity contribution in [1.82, 2.24) is 14.9 Å². The minimum atomic E-state index is -4.35. The van der Waals surface area contributed by atoms with Crippen LogP contribution in [0.5, 0.6) is 0 Å². The first kappa shape index (κ1) is 23.4. The quantitative estimate of drug-likeness (QED) is 0.653. The first-order valence-corrected chi connectivity index (χ1v) is 11.1. The van der Waals surface area contributed by atoms with Crippen molar-refractivity contribution in [3.8, 4) is 0 Å². The highest BCUT2D eigenvalue weighted by Crippen LogP contribution is 2.18. The molecule has 2 amide bonds. The predicted octanol–water partition coefficient (Wildman–Crippen LogP) is 2.24. The lowest BCUT2D eigenvalue weighted by Gasteiger charge is -2.30. The lowest BCUT2D eigenvalue weighted by Crippen LogP contribution is -2.43. The third-order valence-electron chi connectivity index (χ3n) is 4.60. The average molecular weight is 437 g/mol. The van der Waals surface area contributed by atoms with Gasteiger partial charge in [-0.2, -0.15) is 13.2 Å². The summed E-state index contributed by atoms with van der Waals surface area (Å²) >= 11 is 0. The Kier molecular flexibility index (Phi) is 8.29. The summed E-state index contributed by atoms with van der Waals surface area (Å²) in [5.41, 5.74) is 1.42. The molecule has 2 N–H and O–H groups in total. The normalized spacial score (nSPS) is 16.6. The Labute approximate surface area is 168 Å². The molecule has 0 aliphatic carbocycles. The fourth-order valence-corrected chi connectivity index (χ4v) is 3.84. The van der Waals surface area contributed by atoms with Gasteiger partial charge in [0.25, 0.3) is 0 Å². The summed E-state index contributed by atoms with van der Waals surface area (Å²) in [7, 11) is -3.16. The van der Waals surface area contributed by atoms with E-state index in [1.807, 2.05) is 0 Å². The predicted molar refractivity (Wildman–Crippen MR) is 102 cm³/mol. The van der Waals surface area contributed by atoms with E-state index in [0.717, 1.165) is 5.56 Å². The number of amides is 2. The Morgan fingerprint density at radius 1 is 1.14 bits per heavy atom. The van der Waals surface area contributed by atoms with E-state index in [1.54, 1.807) is 24.3 Å². The number of carbonyl (C=O) groups excluding carboxylic acids is 1. The fourth-order valence-electron chi connectivity index (χ4n) is 2.96. The Hall–Kier alpha value is -1.85. The molecule has 2 rings (SSSR count). The van der Waals surface area contributed by atoms with Crippen LogP contribution in [0, 0.1) is 5.92 Å². The Balaban J connectivity index is 1.64. The summed E-state index contributed by atoms with van der Waals surface area (Å²) < 4.78 is 65.2. The molecule has 0 spiro atoms. The van der Waals surface area contributed by atoms with Gasteiger partial charge < -0.3 is 15.4 Å². The molecule has 11 heteroatoms. The van der Waals surface area contributed by atoms with E-state index < -0.39 is 22.8 Å². The molecule has 1 aliphatic rings. The molecule has 164 valence electrons. The molecule has 1 aromatic carbocycles. The van der Waals surface area contributed by atoms with Crippen LogP contribution in [0.1, 0.15) is 24.0 Å². The van der Waals surface area contributed by atoms with E-state index in [9.17, 15) is 26.4 Å². The Morgan fingerprint density at radius 3 is 2.28 bits per heavy atom. The molecule has 0 aromatic heterocycles. The van der Waals surface area contributed by atoms with Gasteiger partial charge in [0.05, 0.1) is 12.9 Å². The number of nitrogens with zero attached hydrogens (tertiary/aromatic N) is 1. The summed E-state index contributed by atoms with van der Waals surface area (Å²) in [6.45, 7) is 0.258. The zero-order chi connectivity index (χ0) is 21.5. The molecule has 0 unspecified atom stereocenters. The number of hydrogen-bond acceptors (Lipinski definition) is 4. The van der Waals surface area contributed by atoms with Crippen LogP contribution in [0.15, 0.2) is 24.3 Å². The van der Waals surface area contributed by atoms with Crippen molar-refractivity contribution in [3.05, 3.63) is 35.4 Å². The number of nitrogens with one attached hydrogen (secondary N) is 2. The van der Waals surface area contributed by atoms with Gasteiger partial charge >= 0.3 is 12.2 Å². The van der Waals surface area contributed by atoms with Gasteiger partial charge in [0.1, 0.15) is 6.61 Å². The summed E-state index contributed by atoms with van der Waals surface area (Å²) in [5, 5.41) is 5.50. The van der Waals surface area contributed by atoms with Crippen molar-refractivity contribution in [1.29, 1.82) is 0 Å².